The number of pyridine rings is 1. The molecule has 5 heteroatoms. The fraction of sp³-hybridized carbons (Fsp3) is 0.200. The Labute approximate surface area is 118 Å². The van der Waals surface area contributed by atoms with Gasteiger partial charge in [-0.25, -0.2) is 4.98 Å². The third-order valence-corrected chi connectivity index (χ3v) is 3.07. The largest absolute Gasteiger partial charge is 0.397 e. The molecule has 2 rings (SSSR count). The van der Waals surface area contributed by atoms with Crippen LogP contribution in [0.4, 0.5) is 11.5 Å². The average molecular weight is 270 g/mol. The maximum absolute atomic E-state index is 11.4. The topological polar surface area (TPSA) is 94.0 Å². The summed E-state index contributed by atoms with van der Waals surface area (Å²) in [6.07, 6.45) is 2.51. The summed E-state index contributed by atoms with van der Waals surface area (Å²) in [6, 6.07) is 9.79. The van der Waals surface area contributed by atoms with E-state index in [1.54, 1.807) is 0 Å². The molecule has 20 heavy (non-hydrogen) atoms. The number of nitrogen functional groups attached to an aromatic ring is 1. The molecule has 0 radical (unpaired) electrons. The lowest BCUT2D eigenvalue weighted by Gasteiger charge is -2.10. The maximum atomic E-state index is 11.4. The monoisotopic (exact) mass is 270 g/mol. The Morgan fingerprint density at radius 2 is 1.90 bits per heavy atom. The number of carbonyl (C=O) groups excluding carboxylic acids is 1. The highest BCUT2D eigenvalue weighted by molar-refractivity contribution is 5.98. The summed E-state index contributed by atoms with van der Waals surface area (Å²) < 4.78 is 0. The molecule has 0 bridgehead atoms. The van der Waals surface area contributed by atoms with E-state index < -0.39 is 5.91 Å². The smallest absolute Gasteiger partial charge is 0.252 e. The molecule has 0 aliphatic carbocycles. The van der Waals surface area contributed by atoms with Gasteiger partial charge in [0, 0.05) is 6.54 Å². The number of nitrogens with two attached hydrogens (primary N) is 2. The number of hydrogen-bond acceptors (Lipinski definition) is 4. The Morgan fingerprint density at radius 1 is 1.25 bits per heavy atom. The van der Waals surface area contributed by atoms with Crippen LogP contribution in [-0.2, 0) is 13.0 Å². The molecule has 2 aromatic rings. The summed E-state index contributed by atoms with van der Waals surface area (Å²) in [7, 11) is 0. The second kappa shape index (κ2) is 6.06. The highest BCUT2D eigenvalue weighted by Gasteiger charge is 2.09. The Bertz CT molecular complexity index is 608. The summed E-state index contributed by atoms with van der Waals surface area (Å²) in [5, 5.41) is 3.11. The average Bonchev–Trinajstić information content (AvgIpc) is 2.46. The van der Waals surface area contributed by atoms with Crippen LogP contribution in [0.2, 0.25) is 0 Å². The van der Waals surface area contributed by atoms with Crippen molar-refractivity contribution < 1.29 is 4.79 Å². The minimum atomic E-state index is -0.548. The zero-order valence-corrected chi connectivity index (χ0v) is 11.4. The summed E-state index contributed by atoms with van der Waals surface area (Å²) in [4.78, 5) is 15.5. The number of amides is 1. The number of nitrogens with one attached hydrogen (secondary N) is 1. The number of carbonyl (C=O) groups is 1. The lowest BCUT2D eigenvalue weighted by Crippen LogP contribution is -2.16. The molecule has 0 atom stereocenters. The molecule has 0 aliphatic rings. The van der Waals surface area contributed by atoms with Gasteiger partial charge < -0.3 is 16.8 Å². The predicted molar refractivity (Wildman–Crippen MR) is 80.3 cm³/mol. The van der Waals surface area contributed by atoms with Crippen molar-refractivity contribution in [2.24, 2.45) is 5.73 Å². The summed E-state index contributed by atoms with van der Waals surface area (Å²) >= 11 is 0. The molecular formula is C15H18N4O. The van der Waals surface area contributed by atoms with Gasteiger partial charge in [-0.15, -0.1) is 0 Å². The second-order valence-corrected chi connectivity index (χ2v) is 4.55. The molecular weight excluding hydrogens is 252 g/mol. The van der Waals surface area contributed by atoms with Gasteiger partial charge in [-0.05, 0) is 23.6 Å². The van der Waals surface area contributed by atoms with Gasteiger partial charge in [0.15, 0.2) is 0 Å². The van der Waals surface area contributed by atoms with Crippen molar-refractivity contribution >= 4 is 17.4 Å². The molecule has 0 aliphatic heterocycles. The fourth-order valence-corrected chi connectivity index (χ4v) is 1.89. The van der Waals surface area contributed by atoms with Crippen LogP contribution in [0, 0.1) is 0 Å². The lowest BCUT2D eigenvalue weighted by molar-refractivity contribution is 0.100. The number of benzene rings is 1. The minimum absolute atomic E-state index is 0.301. The van der Waals surface area contributed by atoms with Crippen molar-refractivity contribution in [1.29, 1.82) is 0 Å². The third kappa shape index (κ3) is 3.26. The minimum Gasteiger partial charge on any atom is -0.397 e. The van der Waals surface area contributed by atoms with E-state index in [0.717, 1.165) is 12.0 Å². The number of hydrogen-bond donors (Lipinski definition) is 3. The number of aryl methyl sites for hydroxylation is 1. The first-order valence-corrected chi connectivity index (χ1v) is 6.47. The van der Waals surface area contributed by atoms with Gasteiger partial charge in [-0.1, -0.05) is 31.2 Å². The van der Waals surface area contributed by atoms with Gasteiger partial charge in [0.05, 0.1) is 17.4 Å². The quantitative estimate of drug-likeness (QED) is 0.773. The van der Waals surface area contributed by atoms with Crippen molar-refractivity contribution in [3.05, 3.63) is 53.2 Å². The van der Waals surface area contributed by atoms with Gasteiger partial charge in [-0.2, -0.15) is 0 Å². The molecule has 0 saturated heterocycles. The van der Waals surface area contributed by atoms with Gasteiger partial charge >= 0.3 is 0 Å². The Kier molecular flexibility index (Phi) is 4.20. The fourth-order valence-electron chi connectivity index (χ4n) is 1.89. The molecule has 5 nitrogen and oxygen atoms in total. The highest BCUT2D eigenvalue weighted by Crippen LogP contribution is 2.16. The van der Waals surface area contributed by atoms with Gasteiger partial charge in [-0.3, -0.25) is 4.79 Å². The summed E-state index contributed by atoms with van der Waals surface area (Å²) in [6.45, 7) is 2.69. The van der Waals surface area contributed by atoms with Crippen molar-refractivity contribution in [3.63, 3.8) is 0 Å². The van der Waals surface area contributed by atoms with Crippen LogP contribution in [0.15, 0.2) is 36.5 Å². The predicted octanol–water partition coefficient (Wildman–Crippen LogP) is 1.94. The third-order valence-electron chi connectivity index (χ3n) is 3.07. The van der Waals surface area contributed by atoms with Crippen LogP contribution in [0.1, 0.15) is 28.4 Å². The van der Waals surface area contributed by atoms with Gasteiger partial charge in [0.2, 0.25) is 0 Å². The van der Waals surface area contributed by atoms with Crippen LogP contribution in [-0.4, -0.2) is 10.9 Å². The highest BCUT2D eigenvalue weighted by atomic mass is 16.1. The maximum Gasteiger partial charge on any atom is 0.252 e. The number of anilines is 2. The van der Waals surface area contributed by atoms with Crippen LogP contribution < -0.4 is 16.8 Å². The number of aromatic nitrogens is 1. The van der Waals surface area contributed by atoms with E-state index in [0.29, 0.717) is 23.6 Å². The summed E-state index contributed by atoms with van der Waals surface area (Å²) in [5.74, 6) is -0.0973. The Balaban J connectivity index is 2.12. The van der Waals surface area contributed by atoms with Crippen LogP contribution in [0.5, 0.6) is 0 Å². The SMILES string of the molecule is CCc1ccc(CNc2ncc(N)cc2C(N)=O)cc1. The van der Waals surface area contributed by atoms with Crippen molar-refractivity contribution in [2.75, 3.05) is 11.1 Å². The first-order valence-electron chi connectivity index (χ1n) is 6.47. The zero-order chi connectivity index (χ0) is 14.5. The first-order chi connectivity index (χ1) is 9.60. The van der Waals surface area contributed by atoms with E-state index in [2.05, 4.69) is 29.4 Å². The lowest BCUT2D eigenvalue weighted by atomic mass is 10.1. The zero-order valence-electron chi connectivity index (χ0n) is 11.4. The van der Waals surface area contributed by atoms with E-state index >= 15 is 0 Å². The molecule has 1 heterocycles. The van der Waals surface area contributed by atoms with E-state index in [-0.39, 0.29) is 0 Å². The normalized spacial score (nSPS) is 10.2. The first kappa shape index (κ1) is 13.9. The second-order valence-electron chi connectivity index (χ2n) is 4.55. The number of rotatable bonds is 5. The van der Waals surface area contributed by atoms with Gasteiger partial charge in [0.1, 0.15) is 5.82 Å². The van der Waals surface area contributed by atoms with Gasteiger partial charge in [0.25, 0.3) is 5.91 Å². The molecule has 1 aromatic heterocycles. The van der Waals surface area contributed by atoms with Crippen LogP contribution in [0.25, 0.3) is 0 Å². The van der Waals surface area contributed by atoms with Crippen LogP contribution in [0.3, 0.4) is 0 Å². The van der Waals surface area contributed by atoms with E-state index in [1.807, 2.05) is 12.1 Å². The molecule has 0 spiro atoms. The Hall–Kier alpha value is -2.56. The molecule has 1 amide bonds. The molecule has 5 N–H and O–H groups in total. The number of nitrogens with zero attached hydrogens (tertiary/aromatic N) is 1. The number of primary amides is 1. The van der Waals surface area contributed by atoms with E-state index in [4.69, 9.17) is 11.5 Å². The van der Waals surface area contributed by atoms with E-state index in [1.165, 1.54) is 17.8 Å². The Morgan fingerprint density at radius 3 is 2.50 bits per heavy atom. The van der Waals surface area contributed by atoms with Crippen LogP contribution >= 0.6 is 0 Å². The molecule has 1 aromatic carbocycles. The molecule has 0 fully saturated rings. The van der Waals surface area contributed by atoms with E-state index in [9.17, 15) is 4.79 Å². The van der Waals surface area contributed by atoms with Crippen molar-refractivity contribution in [2.45, 2.75) is 19.9 Å². The van der Waals surface area contributed by atoms with Crippen molar-refractivity contribution in [3.8, 4) is 0 Å². The van der Waals surface area contributed by atoms with Crippen molar-refractivity contribution in [1.82, 2.24) is 4.98 Å². The molecule has 0 saturated carbocycles. The summed E-state index contributed by atoms with van der Waals surface area (Å²) in [5.41, 5.74) is 14.0. The standard InChI is InChI=1S/C15H18N4O/c1-2-10-3-5-11(6-4-10)8-18-15-13(14(17)20)7-12(16)9-19-15/h3-7,9H,2,8,16H2,1H3,(H2,17,20)(H,18,19). The molecule has 0 unspecified atom stereocenters. The molecule has 104 valence electrons.